The highest BCUT2D eigenvalue weighted by Gasteiger charge is 2.24. The maximum atomic E-state index is 12.9. The van der Waals surface area contributed by atoms with Crippen LogP contribution in [0.5, 0.6) is 0 Å². The van der Waals surface area contributed by atoms with Gasteiger partial charge in [0, 0.05) is 25.2 Å². The molecule has 0 radical (unpaired) electrons. The van der Waals surface area contributed by atoms with Crippen molar-refractivity contribution >= 4 is 23.6 Å². The van der Waals surface area contributed by atoms with Gasteiger partial charge in [-0.25, -0.2) is 9.37 Å². The van der Waals surface area contributed by atoms with Crippen molar-refractivity contribution in [1.82, 2.24) is 25.4 Å². The van der Waals surface area contributed by atoms with Crippen LogP contribution in [-0.2, 0) is 4.79 Å². The summed E-state index contributed by atoms with van der Waals surface area (Å²) < 4.78 is 12.9. The van der Waals surface area contributed by atoms with Crippen molar-refractivity contribution in [3.05, 3.63) is 41.5 Å². The van der Waals surface area contributed by atoms with Crippen LogP contribution in [0, 0.1) is 18.7 Å². The number of carbonyl (C=O) groups is 2. The SMILES string of the molecule is Cc1nc(SCC(=O)N2CCCC(CNC(=O)c3ccc(F)cc3)C2)n[nH]1. The lowest BCUT2D eigenvalue weighted by atomic mass is 9.98. The summed E-state index contributed by atoms with van der Waals surface area (Å²) in [6, 6.07) is 5.46. The second kappa shape index (κ2) is 8.98. The van der Waals surface area contributed by atoms with Crippen molar-refractivity contribution in [2.45, 2.75) is 24.9 Å². The summed E-state index contributed by atoms with van der Waals surface area (Å²) in [5.41, 5.74) is 0.429. The van der Waals surface area contributed by atoms with Gasteiger partial charge < -0.3 is 10.2 Å². The van der Waals surface area contributed by atoms with Crippen LogP contribution in [0.1, 0.15) is 29.0 Å². The van der Waals surface area contributed by atoms with E-state index >= 15 is 0 Å². The van der Waals surface area contributed by atoms with E-state index in [1.165, 1.54) is 36.0 Å². The molecule has 1 fully saturated rings. The number of hydrogen-bond donors (Lipinski definition) is 2. The Balaban J connectivity index is 1.45. The molecule has 7 nitrogen and oxygen atoms in total. The van der Waals surface area contributed by atoms with E-state index in [0.29, 0.717) is 29.6 Å². The lowest BCUT2D eigenvalue weighted by molar-refractivity contribution is -0.130. The first-order valence-corrected chi connectivity index (χ1v) is 9.83. The summed E-state index contributed by atoms with van der Waals surface area (Å²) in [5.74, 6) is 0.686. The predicted octanol–water partition coefficient (Wildman–Crippen LogP) is 2.01. The molecule has 1 saturated heterocycles. The summed E-state index contributed by atoms with van der Waals surface area (Å²) >= 11 is 1.32. The maximum absolute atomic E-state index is 12.9. The molecule has 27 heavy (non-hydrogen) atoms. The molecule has 0 aliphatic carbocycles. The number of halogens is 1. The van der Waals surface area contributed by atoms with Crippen LogP contribution in [0.25, 0.3) is 0 Å². The van der Waals surface area contributed by atoms with E-state index in [0.717, 1.165) is 25.2 Å². The van der Waals surface area contributed by atoms with Crippen LogP contribution in [0.3, 0.4) is 0 Å². The Morgan fingerprint density at radius 3 is 2.85 bits per heavy atom. The molecular formula is C18H22FN5O2S. The third-order valence-electron chi connectivity index (χ3n) is 4.43. The van der Waals surface area contributed by atoms with Gasteiger partial charge in [-0.3, -0.25) is 14.7 Å². The number of aromatic amines is 1. The average molecular weight is 391 g/mol. The average Bonchev–Trinajstić information content (AvgIpc) is 3.10. The third kappa shape index (κ3) is 5.53. The van der Waals surface area contributed by atoms with Gasteiger partial charge in [0.15, 0.2) is 0 Å². The van der Waals surface area contributed by atoms with Crippen molar-refractivity contribution in [3.8, 4) is 0 Å². The number of carbonyl (C=O) groups excluding carboxylic acids is 2. The van der Waals surface area contributed by atoms with Crippen molar-refractivity contribution < 1.29 is 14.0 Å². The highest BCUT2D eigenvalue weighted by atomic mass is 32.2. The Morgan fingerprint density at radius 2 is 2.15 bits per heavy atom. The van der Waals surface area contributed by atoms with E-state index in [2.05, 4.69) is 20.5 Å². The number of H-pyrrole nitrogens is 1. The summed E-state index contributed by atoms with van der Waals surface area (Å²) in [4.78, 5) is 30.6. The number of benzene rings is 1. The van der Waals surface area contributed by atoms with Crippen LogP contribution in [-0.4, -0.2) is 57.3 Å². The minimum atomic E-state index is -0.369. The lowest BCUT2D eigenvalue weighted by Crippen LogP contribution is -2.44. The lowest BCUT2D eigenvalue weighted by Gasteiger charge is -2.32. The van der Waals surface area contributed by atoms with Gasteiger partial charge in [0.2, 0.25) is 11.1 Å². The van der Waals surface area contributed by atoms with Gasteiger partial charge in [0.05, 0.1) is 5.75 Å². The van der Waals surface area contributed by atoms with Gasteiger partial charge >= 0.3 is 0 Å². The maximum Gasteiger partial charge on any atom is 0.251 e. The van der Waals surface area contributed by atoms with Gasteiger partial charge in [-0.15, -0.1) is 5.10 Å². The Morgan fingerprint density at radius 1 is 1.37 bits per heavy atom. The number of hydrogen-bond acceptors (Lipinski definition) is 5. The van der Waals surface area contributed by atoms with E-state index in [-0.39, 0.29) is 23.5 Å². The van der Waals surface area contributed by atoms with E-state index in [4.69, 9.17) is 0 Å². The molecule has 2 amide bonds. The zero-order valence-electron chi connectivity index (χ0n) is 15.1. The molecular weight excluding hydrogens is 369 g/mol. The normalized spacial score (nSPS) is 17.0. The molecule has 144 valence electrons. The summed E-state index contributed by atoms with van der Waals surface area (Å²) in [5, 5.41) is 10.2. The van der Waals surface area contributed by atoms with Gasteiger partial charge in [-0.05, 0) is 49.9 Å². The number of piperidine rings is 1. The Bertz CT molecular complexity index is 795. The molecule has 2 aromatic rings. The largest absolute Gasteiger partial charge is 0.352 e. The zero-order valence-corrected chi connectivity index (χ0v) is 15.9. The molecule has 9 heteroatoms. The quantitative estimate of drug-likeness (QED) is 0.735. The monoisotopic (exact) mass is 391 g/mol. The molecule has 1 aliphatic rings. The van der Waals surface area contributed by atoms with Crippen molar-refractivity contribution in [3.63, 3.8) is 0 Å². The molecule has 0 saturated carbocycles. The van der Waals surface area contributed by atoms with Gasteiger partial charge in [-0.2, -0.15) is 0 Å². The summed E-state index contributed by atoms with van der Waals surface area (Å²) in [7, 11) is 0. The van der Waals surface area contributed by atoms with Gasteiger partial charge in [-0.1, -0.05) is 11.8 Å². The molecule has 1 atom stereocenters. The Hall–Kier alpha value is -2.42. The topological polar surface area (TPSA) is 91.0 Å². The first-order chi connectivity index (χ1) is 13.0. The van der Waals surface area contributed by atoms with Gasteiger partial charge in [0.1, 0.15) is 11.6 Å². The second-order valence-electron chi connectivity index (χ2n) is 6.56. The highest BCUT2D eigenvalue weighted by Crippen LogP contribution is 2.19. The number of thioether (sulfide) groups is 1. The highest BCUT2D eigenvalue weighted by molar-refractivity contribution is 7.99. The first kappa shape index (κ1) is 19.3. The minimum absolute atomic E-state index is 0.0528. The third-order valence-corrected chi connectivity index (χ3v) is 5.26. The standard InChI is InChI=1S/C18H22FN5O2S/c1-12-21-18(23-22-12)27-11-16(25)24-8-2-3-13(10-24)9-20-17(26)14-4-6-15(19)7-5-14/h4-7,13H,2-3,8-11H2,1H3,(H,20,26)(H,21,22,23). The fourth-order valence-corrected chi connectivity index (χ4v) is 3.75. The molecule has 3 rings (SSSR count). The Kier molecular flexibility index (Phi) is 6.44. The van der Waals surface area contributed by atoms with E-state index in [1.54, 1.807) is 0 Å². The fourth-order valence-electron chi connectivity index (χ4n) is 3.00. The molecule has 0 bridgehead atoms. The van der Waals surface area contributed by atoms with E-state index < -0.39 is 0 Å². The molecule has 1 aromatic carbocycles. The minimum Gasteiger partial charge on any atom is -0.352 e. The Labute approximate surface area is 161 Å². The van der Waals surface area contributed by atoms with Crippen molar-refractivity contribution in [1.29, 1.82) is 0 Å². The first-order valence-electron chi connectivity index (χ1n) is 8.84. The zero-order chi connectivity index (χ0) is 19.2. The summed E-state index contributed by atoms with van der Waals surface area (Å²) in [6.45, 7) is 3.66. The van der Waals surface area contributed by atoms with Crippen molar-refractivity contribution in [2.24, 2.45) is 5.92 Å². The predicted molar refractivity (Wildman–Crippen MR) is 99.9 cm³/mol. The van der Waals surface area contributed by atoms with E-state index in [1.807, 2.05) is 11.8 Å². The number of likely N-dealkylation sites (tertiary alicyclic amines) is 1. The van der Waals surface area contributed by atoms with Crippen LogP contribution < -0.4 is 5.32 Å². The molecule has 2 heterocycles. The number of amides is 2. The number of aryl methyl sites for hydroxylation is 1. The van der Waals surface area contributed by atoms with E-state index in [9.17, 15) is 14.0 Å². The van der Waals surface area contributed by atoms with Crippen LogP contribution >= 0.6 is 11.8 Å². The number of rotatable bonds is 6. The smallest absolute Gasteiger partial charge is 0.251 e. The van der Waals surface area contributed by atoms with Crippen LogP contribution in [0.15, 0.2) is 29.4 Å². The van der Waals surface area contributed by atoms with Crippen LogP contribution in [0.2, 0.25) is 0 Å². The molecule has 1 aliphatic heterocycles. The number of nitrogens with one attached hydrogen (secondary N) is 2. The second-order valence-corrected chi connectivity index (χ2v) is 7.50. The molecule has 1 unspecified atom stereocenters. The number of nitrogens with zero attached hydrogens (tertiary/aromatic N) is 3. The molecule has 1 aromatic heterocycles. The fraction of sp³-hybridized carbons (Fsp3) is 0.444. The summed E-state index contributed by atoms with van der Waals surface area (Å²) in [6.07, 6.45) is 1.87. The molecule has 0 spiro atoms. The number of aromatic nitrogens is 3. The van der Waals surface area contributed by atoms with Crippen LogP contribution in [0.4, 0.5) is 4.39 Å². The van der Waals surface area contributed by atoms with Crippen molar-refractivity contribution in [2.75, 3.05) is 25.4 Å². The van der Waals surface area contributed by atoms with Gasteiger partial charge in [0.25, 0.3) is 5.91 Å². The molecule has 2 N–H and O–H groups in total.